The van der Waals surface area contributed by atoms with Crippen LogP contribution < -0.4 is 10.5 Å². The van der Waals surface area contributed by atoms with Crippen LogP contribution in [0.4, 0.5) is 4.39 Å². The summed E-state index contributed by atoms with van der Waals surface area (Å²) in [4.78, 5) is 10.4. The summed E-state index contributed by atoms with van der Waals surface area (Å²) < 4.78 is 18.1. The van der Waals surface area contributed by atoms with Crippen LogP contribution in [0.3, 0.4) is 0 Å². The van der Waals surface area contributed by atoms with Crippen LogP contribution in [0.5, 0.6) is 5.75 Å². The van der Waals surface area contributed by atoms with E-state index in [1.54, 1.807) is 12.1 Å². The molecule has 0 aliphatic rings. The lowest BCUT2D eigenvalue weighted by molar-refractivity contribution is -0.118. The third-order valence-electron chi connectivity index (χ3n) is 1.69. The molecule has 1 aromatic carbocycles. The predicted molar refractivity (Wildman–Crippen MR) is 50.4 cm³/mol. The average Bonchev–Trinajstić information content (AvgIpc) is 2.10. The van der Waals surface area contributed by atoms with E-state index in [-0.39, 0.29) is 18.8 Å². The molecule has 0 atom stereocenters. The van der Waals surface area contributed by atoms with Gasteiger partial charge in [0.15, 0.2) is 11.6 Å². The Hall–Kier alpha value is -1.58. The number of carbonyl (C=O) groups is 1. The van der Waals surface area contributed by atoms with Gasteiger partial charge in [0, 0.05) is 0 Å². The Morgan fingerprint density at radius 3 is 2.93 bits per heavy atom. The number of hydrogen-bond donors (Lipinski definition) is 1. The lowest BCUT2D eigenvalue weighted by Crippen LogP contribution is -2.14. The molecule has 0 heterocycles. The van der Waals surface area contributed by atoms with Gasteiger partial charge in [-0.15, -0.1) is 0 Å². The molecule has 0 spiro atoms. The number of rotatable bonds is 4. The van der Waals surface area contributed by atoms with Crippen LogP contribution >= 0.6 is 0 Å². The maximum Gasteiger partial charge on any atom is 0.220 e. The minimum absolute atomic E-state index is 0.0907. The Bertz CT molecular complexity index is 339. The molecule has 76 valence electrons. The van der Waals surface area contributed by atoms with Gasteiger partial charge in [0.1, 0.15) is 0 Å². The van der Waals surface area contributed by atoms with Crippen LogP contribution in [0.25, 0.3) is 0 Å². The van der Waals surface area contributed by atoms with E-state index in [9.17, 15) is 9.18 Å². The number of primary amides is 1. The van der Waals surface area contributed by atoms with Gasteiger partial charge in [-0.3, -0.25) is 4.79 Å². The predicted octanol–water partition coefficient (Wildman–Crippen LogP) is 1.39. The highest BCUT2D eigenvalue weighted by atomic mass is 19.1. The van der Waals surface area contributed by atoms with Crippen LogP contribution in [0, 0.1) is 12.7 Å². The lowest BCUT2D eigenvalue weighted by Gasteiger charge is -2.06. The largest absolute Gasteiger partial charge is 0.490 e. The van der Waals surface area contributed by atoms with Crippen LogP contribution in [-0.4, -0.2) is 12.5 Å². The van der Waals surface area contributed by atoms with E-state index in [2.05, 4.69) is 0 Å². The first-order chi connectivity index (χ1) is 6.59. The van der Waals surface area contributed by atoms with E-state index in [1.807, 2.05) is 6.92 Å². The third-order valence-corrected chi connectivity index (χ3v) is 1.69. The molecule has 1 rings (SSSR count). The molecule has 2 N–H and O–H groups in total. The molecular weight excluding hydrogens is 185 g/mol. The van der Waals surface area contributed by atoms with E-state index in [1.165, 1.54) is 6.07 Å². The minimum atomic E-state index is -0.460. The second kappa shape index (κ2) is 4.60. The van der Waals surface area contributed by atoms with E-state index < -0.39 is 11.7 Å². The normalized spacial score (nSPS) is 9.86. The molecular formula is C10H12FNO2. The topological polar surface area (TPSA) is 52.3 Å². The third kappa shape index (κ3) is 3.05. The quantitative estimate of drug-likeness (QED) is 0.792. The van der Waals surface area contributed by atoms with Gasteiger partial charge in [0.05, 0.1) is 13.0 Å². The SMILES string of the molecule is Cc1ccc(F)c(OCCC(N)=O)c1. The Morgan fingerprint density at radius 1 is 1.57 bits per heavy atom. The smallest absolute Gasteiger partial charge is 0.220 e. The van der Waals surface area contributed by atoms with Crippen molar-refractivity contribution >= 4 is 5.91 Å². The minimum Gasteiger partial charge on any atom is -0.490 e. The molecule has 1 amide bonds. The summed E-state index contributed by atoms with van der Waals surface area (Å²) in [5.41, 5.74) is 5.82. The summed E-state index contributed by atoms with van der Waals surface area (Å²) >= 11 is 0. The molecule has 3 nitrogen and oxygen atoms in total. The van der Waals surface area contributed by atoms with Gasteiger partial charge in [-0.1, -0.05) is 6.07 Å². The monoisotopic (exact) mass is 197 g/mol. The molecule has 0 saturated heterocycles. The van der Waals surface area contributed by atoms with Crippen molar-refractivity contribution in [1.29, 1.82) is 0 Å². The Labute approximate surface area is 81.7 Å². The fourth-order valence-electron chi connectivity index (χ4n) is 0.983. The molecule has 0 bridgehead atoms. The second-order valence-corrected chi connectivity index (χ2v) is 3.00. The molecule has 0 fully saturated rings. The number of nitrogens with two attached hydrogens (primary N) is 1. The maximum atomic E-state index is 13.1. The molecule has 14 heavy (non-hydrogen) atoms. The van der Waals surface area contributed by atoms with Crippen molar-refractivity contribution < 1.29 is 13.9 Å². The Balaban J connectivity index is 2.57. The van der Waals surface area contributed by atoms with Crippen molar-refractivity contribution in [2.24, 2.45) is 5.73 Å². The van der Waals surface area contributed by atoms with Crippen LogP contribution in [0.1, 0.15) is 12.0 Å². The summed E-state index contributed by atoms with van der Waals surface area (Å²) in [5, 5.41) is 0. The standard InChI is InChI=1S/C10H12FNO2/c1-7-2-3-8(11)9(6-7)14-5-4-10(12)13/h2-3,6H,4-5H2,1H3,(H2,12,13). The molecule has 0 saturated carbocycles. The molecule has 0 radical (unpaired) electrons. The summed E-state index contributed by atoms with van der Waals surface area (Å²) in [5.74, 6) is -0.732. The fraction of sp³-hybridized carbons (Fsp3) is 0.300. The van der Waals surface area contributed by atoms with Gasteiger partial charge in [0.2, 0.25) is 5.91 Å². The summed E-state index contributed by atoms with van der Waals surface area (Å²) in [6.07, 6.45) is 0.0907. The molecule has 1 aromatic rings. The van der Waals surface area contributed by atoms with Gasteiger partial charge in [-0.25, -0.2) is 4.39 Å². The number of halogens is 1. The van der Waals surface area contributed by atoms with Gasteiger partial charge in [-0.05, 0) is 24.6 Å². The maximum absolute atomic E-state index is 13.1. The average molecular weight is 197 g/mol. The van der Waals surface area contributed by atoms with E-state index >= 15 is 0 Å². The first-order valence-electron chi connectivity index (χ1n) is 4.27. The Kier molecular flexibility index (Phi) is 3.45. The molecule has 0 unspecified atom stereocenters. The summed E-state index contributed by atoms with van der Waals surface area (Å²) in [7, 11) is 0. The summed E-state index contributed by atoms with van der Waals surface area (Å²) in [6, 6.07) is 4.56. The number of benzene rings is 1. The van der Waals surface area contributed by atoms with Gasteiger partial charge in [0.25, 0.3) is 0 Å². The highest BCUT2D eigenvalue weighted by molar-refractivity contribution is 5.73. The number of carbonyl (C=O) groups excluding carboxylic acids is 1. The van der Waals surface area contributed by atoms with Crippen molar-refractivity contribution in [1.82, 2.24) is 0 Å². The second-order valence-electron chi connectivity index (χ2n) is 3.00. The van der Waals surface area contributed by atoms with Crippen molar-refractivity contribution in [2.45, 2.75) is 13.3 Å². The zero-order chi connectivity index (χ0) is 10.6. The van der Waals surface area contributed by atoms with Crippen molar-refractivity contribution in [3.63, 3.8) is 0 Å². The van der Waals surface area contributed by atoms with Gasteiger partial charge in [-0.2, -0.15) is 0 Å². The summed E-state index contributed by atoms with van der Waals surface area (Å²) in [6.45, 7) is 1.94. The molecule has 0 aromatic heterocycles. The fourth-order valence-corrected chi connectivity index (χ4v) is 0.983. The number of amides is 1. The van der Waals surface area contributed by atoms with Gasteiger partial charge >= 0.3 is 0 Å². The highest BCUT2D eigenvalue weighted by Gasteiger charge is 2.03. The number of aryl methyl sites for hydroxylation is 1. The molecule has 0 aliphatic heterocycles. The van der Waals surface area contributed by atoms with Crippen LogP contribution in [-0.2, 0) is 4.79 Å². The zero-order valence-corrected chi connectivity index (χ0v) is 7.92. The molecule has 4 heteroatoms. The number of hydrogen-bond acceptors (Lipinski definition) is 2. The van der Waals surface area contributed by atoms with E-state index in [4.69, 9.17) is 10.5 Å². The first-order valence-corrected chi connectivity index (χ1v) is 4.27. The van der Waals surface area contributed by atoms with Crippen molar-refractivity contribution in [3.8, 4) is 5.75 Å². The molecule has 0 aliphatic carbocycles. The van der Waals surface area contributed by atoms with Gasteiger partial charge < -0.3 is 10.5 Å². The zero-order valence-electron chi connectivity index (χ0n) is 7.92. The Morgan fingerprint density at radius 2 is 2.29 bits per heavy atom. The number of ether oxygens (including phenoxy) is 1. The van der Waals surface area contributed by atoms with Crippen molar-refractivity contribution in [3.05, 3.63) is 29.6 Å². The van der Waals surface area contributed by atoms with Crippen molar-refractivity contribution in [2.75, 3.05) is 6.61 Å². The lowest BCUT2D eigenvalue weighted by atomic mass is 10.2. The highest BCUT2D eigenvalue weighted by Crippen LogP contribution is 2.18. The van der Waals surface area contributed by atoms with E-state index in [0.717, 1.165) is 5.56 Å². The van der Waals surface area contributed by atoms with E-state index in [0.29, 0.717) is 0 Å². The first kappa shape index (κ1) is 10.5. The van der Waals surface area contributed by atoms with Crippen LogP contribution in [0.2, 0.25) is 0 Å². The van der Waals surface area contributed by atoms with Crippen LogP contribution in [0.15, 0.2) is 18.2 Å².